The molecule has 5 nitrogen and oxygen atoms in total. The highest BCUT2D eigenvalue weighted by atomic mass is 32.1. The van der Waals surface area contributed by atoms with Crippen molar-refractivity contribution < 1.29 is 4.74 Å². The Morgan fingerprint density at radius 3 is 2.77 bits per heavy atom. The largest absolute Gasteiger partial charge is 0.379 e. The first-order chi connectivity index (χ1) is 12.8. The van der Waals surface area contributed by atoms with Gasteiger partial charge in [-0.05, 0) is 23.6 Å². The average molecular weight is 369 g/mol. The van der Waals surface area contributed by atoms with Crippen LogP contribution in [0.5, 0.6) is 0 Å². The van der Waals surface area contributed by atoms with E-state index in [9.17, 15) is 0 Å². The molecule has 1 fully saturated rings. The Labute approximate surface area is 158 Å². The number of nitrogens with one attached hydrogen (secondary N) is 1. The summed E-state index contributed by atoms with van der Waals surface area (Å²) in [6.45, 7) is 7.58. The van der Waals surface area contributed by atoms with Crippen LogP contribution in [0.15, 0.2) is 36.7 Å². The van der Waals surface area contributed by atoms with Crippen LogP contribution in [0.4, 0.5) is 5.82 Å². The fourth-order valence-corrected chi connectivity index (χ4v) is 4.22. The Kier molecular flexibility index (Phi) is 5.43. The molecule has 0 spiro atoms. The third-order valence-corrected chi connectivity index (χ3v) is 5.98. The van der Waals surface area contributed by atoms with Crippen LogP contribution in [0, 0.1) is 0 Å². The molecule has 3 heterocycles. The van der Waals surface area contributed by atoms with Gasteiger partial charge in [-0.2, -0.15) is 0 Å². The summed E-state index contributed by atoms with van der Waals surface area (Å²) in [5.74, 6) is 0.923. The molecular formula is C20H24N4OS. The zero-order valence-corrected chi connectivity index (χ0v) is 15.9. The minimum atomic E-state index is 0.768. The number of rotatable bonds is 6. The van der Waals surface area contributed by atoms with Crippen LogP contribution in [0.2, 0.25) is 0 Å². The zero-order valence-electron chi connectivity index (χ0n) is 15.1. The number of fused-ring (bicyclic) bond motifs is 1. The van der Waals surface area contributed by atoms with Crippen molar-refractivity contribution in [3.8, 4) is 0 Å². The molecule has 0 bridgehead atoms. The van der Waals surface area contributed by atoms with E-state index >= 15 is 0 Å². The number of anilines is 1. The zero-order chi connectivity index (χ0) is 17.8. The van der Waals surface area contributed by atoms with E-state index < -0.39 is 0 Å². The second-order valence-corrected chi connectivity index (χ2v) is 7.63. The molecule has 1 saturated heterocycles. The van der Waals surface area contributed by atoms with Crippen LogP contribution in [0.25, 0.3) is 10.2 Å². The van der Waals surface area contributed by atoms with Crippen molar-refractivity contribution >= 4 is 27.4 Å². The highest BCUT2D eigenvalue weighted by Gasteiger charge is 2.13. The maximum atomic E-state index is 5.46. The number of benzene rings is 1. The molecule has 0 radical (unpaired) electrons. The topological polar surface area (TPSA) is 50.3 Å². The van der Waals surface area contributed by atoms with Gasteiger partial charge in [0.25, 0.3) is 0 Å². The molecule has 0 aliphatic carbocycles. The molecule has 2 aromatic heterocycles. The Bertz CT molecular complexity index is 873. The number of aromatic nitrogens is 2. The second kappa shape index (κ2) is 8.12. The van der Waals surface area contributed by atoms with Gasteiger partial charge in [0.05, 0.1) is 18.6 Å². The van der Waals surface area contributed by atoms with Gasteiger partial charge >= 0.3 is 0 Å². The van der Waals surface area contributed by atoms with Gasteiger partial charge in [-0.1, -0.05) is 31.2 Å². The van der Waals surface area contributed by atoms with Crippen molar-refractivity contribution in [3.05, 3.63) is 52.7 Å². The summed E-state index contributed by atoms with van der Waals surface area (Å²) in [4.78, 5) is 13.7. The maximum Gasteiger partial charge on any atom is 0.138 e. The predicted molar refractivity (Wildman–Crippen MR) is 107 cm³/mol. The fraction of sp³-hybridized carbons (Fsp3) is 0.400. The van der Waals surface area contributed by atoms with E-state index in [0.717, 1.165) is 61.8 Å². The summed E-state index contributed by atoms with van der Waals surface area (Å²) in [7, 11) is 0. The summed E-state index contributed by atoms with van der Waals surface area (Å²) in [5.41, 5.74) is 2.68. The van der Waals surface area contributed by atoms with E-state index in [4.69, 9.17) is 4.74 Å². The number of thiophene rings is 1. The molecule has 0 atom stereocenters. The Morgan fingerprint density at radius 1 is 1.15 bits per heavy atom. The lowest BCUT2D eigenvalue weighted by atomic mass is 10.1. The van der Waals surface area contributed by atoms with E-state index in [-0.39, 0.29) is 0 Å². The van der Waals surface area contributed by atoms with Gasteiger partial charge < -0.3 is 10.1 Å². The minimum absolute atomic E-state index is 0.768. The molecule has 3 aromatic rings. The summed E-state index contributed by atoms with van der Waals surface area (Å²) >= 11 is 1.75. The van der Waals surface area contributed by atoms with Crippen molar-refractivity contribution in [1.29, 1.82) is 0 Å². The number of nitrogens with zero attached hydrogens (tertiary/aromatic N) is 3. The van der Waals surface area contributed by atoms with Crippen molar-refractivity contribution in [2.45, 2.75) is 26.4 Å². The Hall–Kier alpha value is -2.02. The first-order valence-electron chi connectivity index (χ1n) is 9.17. The van der Waals surface area contributed by atoms with Gasteiger partial charge in [0, 0.05) is 31.1 Å². The summed E-state index contributed by atoms with van der Waals surface area (Å²) in [6.07, 6.45) is 2.68. The highest BCUT2D eigenvalue weighted by molar-refractivity contribution is 7.18. The quantitative estimate of drug-likeness (QED) is 0.719. The van der Waals surface area contributed by atoms with Gasteiger partial charge in [0.1, 0.15) is 17.0 Å². The molecule has 1 aliphatic rings. The van der Waals surface area contributed by atoms with Gasteiger partial charge in [0.15, 0.2) is 0 Å². The molecule has 0 saturated carbocycles. The second-order valence-electron chi connectivity index (χ2n) is 6.52. The van der Waals surface area contributed by atoms with Crippen LogP contribution in [0.1, 0.15) is 22.9 Å². The molecule has 1 N–H and O–H groups in total. The molecule has 1 aliphatic heterocycles. The first kappa shape index (κ1) is 17.4. The van der Waals surface area contributed by atoms with E-state index in [1.54, 1.807) is 17.7 Å². The number of aryl methyl sites for hydroxylation is 1. The minimum Gasteiger partial charge on any atom is -0.379 e. The van der Waals surface area contributed by atoms with E-state index in [1.807, 2.05) is 0 Å². The van der Waals surface area contributed by atoms with Crippen LogP contribution in [-0.4, -0.2) is 41.2 Å². The SMILES string of the molecule is CCc1cc2c(NCc3ccccc3CN3CCOCC3)ncnc2s1. The summed E-state index contributed by atoms with van der Waals surface area (Å²) in [5, 5.41) is 4.66. The third-order valence-electron chi connectivity index (χ3n) is 4.79. The molecule has 6 heteroatoms. The predicted octanol–water partition coefficient (Wildman–Crippen LogP) is 3.70. The van der Waals surface area contributed by atoms with Gasteiger partial charge in [-0.3, -0.25) is 4.90 Å². The lowest BCUT2D eigenvalue weighted by molar-refractivity contribution is 0.0341. The van der Waals surface area contributed by atoms with Gasteiger partial charge in [-0.15, -0.1) is 11.3 Å². The molecule has 0 amide bonds. The monoisotopic (exact) mass is 368 g/mol. The average Bonchev–Trinajstić information content (AvgIpc) is 3.12. The standard InChI is InChI=1S/C20H24N4OS/c1-2-17-11-18-19(22-14-23-20(18)26-17)21-12-15-5-3-4-6-16(15)13-24-7-9-25-10-8-24/h3-6,11,14H,2,7-10,12-13H2,1H3,(H,21,22,23). The number of hydrogen-bond donors (Lipinski definition) is 1. The van der Waals surface area contributed by atoms with Crippen LogP contribution in [-0.2, 0) is 24.2 Å². The summed E-state index contributed by atoms with van der Waals surface area (Å²) in [6, 6.07) is 10.9. The van der Waals surface area contributed by atoms with Crippen LogP contribution >= 0.6 is 11.3 Å². The normalized spacial score (nSPS) is 15.4. The van der Waals surface area contributed by atoms with E-state index in [2.05, 4.69) is 57.4 Å². The third kappa shape index (κ3) is 3.87. The Balaban J connectivity index is 1.50. The van der Waals surface area contributed by atoms with E-state index in [0.29, 0.717) is 0 Å². The van der Waals surface area contributed by atoms with Crippen molar-refractivity contribution in [2.75, 3.05) is 31.6 Å². The lowest BCUT2D eigenvalue weighted by Gasteiger charge is -2.27. The van der Waals surface area contributed by atoms with Gasteiger partial charge in [-0.25, -0.2) is 9.97 Å². The molecule has 4 rings (SSSR count). The first-order valence-corrected chi connectivity index (χ1v) is 9.99. The molecule has 1 aromatic carbocycles. The van der Waals surface area contributed by atoms with Crippen LogP contribution < -0.4 is 5.32 Å². The molecular weight excluding hydrogens is 344 g/mol. The maximum absolute atomic E-state index is 5.46. The van der Waals surface area contributed by atoms with E-state index in [1.165, 1.54) is 16.0 Å². The molecule has 136 valence electrons. The highest BCUT2D eigenvalue weighted by Crippen LogP contribution is 2.28. The fourth-order valence-electron chi connectivity index (χ4n) is 3.28. The molecule has 0 unspecified atom stereocenters. The number of ether oxygens (including phenoxy) is 1. The Morgan fingerprint density at radius 2 is 1.96 bits per heavy atom. The van der Waals surface area contributed by atoms with Crippen molar-refractivity contribution in [2.24, 2.45) is 0 Å². The van der Waals surface area contributed by atoms with Crippen LogP contribution in [0.3, 0.4) is 0 Å². The number of hydrogen-bond acceptors (Lipinski definition) is 6. The smallest absolute Gasteiger partial charge is 0.138 e. The summed E-state index contributed by atoms with van der Waals surface area (Å²) < 4.78 is 5.46. The lowest BCUT2D eigenvalue weighted by Crippen LogP contribution is -2.35. The van der Waals surface area contributed by atoms with Gasteiger partial charge in [0.2, 0.25) is 0 Å². The van der Waals surface area contributed by atoms with Crippen molar-refractivity contribution in [1.82, 2.24) is 14.9 Å². The van der Waals surface area contributed by atoms with Crippen molar-refractivity contribution in [3.63, 3.8) is 0 Å². The number of morpholine rings is 1. The molecule has 26 heavy (non-hydrogen) atoms.